The first-order chi connectivity index (χ1) is 7.58. The fourth-order valence-electron chi connectivity index (χ4n) is 1.57. The molecule has 84 valence electrons. The number of aromatic nitrogens is 2. The minimum atomic E-state index is -0.730. The summed E-state index contributed by atoms with van der Waals surface area (Å²) in [5, 5.41) is 17.0. The van der Waals surface area contributed by atoms with Gasteiger partial charge >= 0.3 is 0 Å². The Bertz CT molecular complexity index is 503. The Labute approximate surface area is 93.9 Å². The van der Waals surface area contributed by atoms with Gasteiger partial charge in [0.05, 0.1) is 0 Å². The van der Waals surface area contributed by atoms with Crippen molar-refractivity contribution in [3.05, 3.63) is 35.2 Å². The van der Waals surface area contributed by atoms with E-state index in [-0.39, 0.29) is 5.89 Å². The highest BCUT2D eigenvalue weighted by atomic mass is 16.4. The minimum Gasteiger partial charge on any atom is -0.418 e. The SMILES string of the molecule is Cc1ccc(-c2nnc(C(C)O)o2)c(C)c1. The molecule has 0 spiro atoms. The van der Waals surface area contributed by atoms with Crippen LogP contribution in [0.3, 0.4) is 0 Å². The van der Waals surface area contributed by atoms with Gasteiger partial charge in [-0.05, 0) is 32.4 Å². The third kappa shape index (κ3) is 1.97. The topological polar surface area (TPSA) is 59.2 Å². The molecule has 1 unspecified atom stereocenters. The second-order valence-electron chi connectivity index (χ2n) is 3.94. The molecule has 4 nitrogen and oxygen atoms in total. The number of aliphatic hydroxyl groups excluding tert-OH is 1. The van der Waals surface area contributed by atoms with Gasteiger partial charge in [0.15, 0.2) is 0 Å². The van der Waals surface area contributed by atoms with E-state index in [0.717, 1.165) is 11.1 Å². The van der Waals surface area contributed by atoms with Gasteiger partial charge in [0, 0.05) is 5.56 Å². The Hall–Kier alpha value is -1.68. The Morgan fingerprint density at radius 3 is 2.56 bits per heavy atom. The molecule has 4 heteroatoms. The molecule has 0 fully saturated rings. The number of aryl methyl sites for hydroxylation is 2. The van der Waals surface area contributed by atoms with E-state index in [9.17, 15) is 5.11 Å². The van der Waals surface area contributed by atoms with Gasteiger partial charge in [0.25, 0.3) is 0 Å². The quantitative estimate of drug-likeness (QED) is 0.840. The maximum absolute atomic E-state index is 9.30. The standard InChI is InChI=1S/C12H14N2O2/c1-7-4-5-10(8(2)6-7)12-14-13-11(16-12)9(3)15/h4-6,9,15H,1-3H3. The fraction of sp³-hybridized carbons (Fsp3) is 0.333. The van der Waals surface area contributed by atoms with Gasteiger partial charge in [-0.15, -0.1) is 10.2 Å². The zero-order valence-electron chi connectivity index (χ0n) is 9.56. The van der Waals surface area contributed by atoms with Crippen molar-refractivity contribution < 1.29 is 9.52 Å². The van der Waals surface area contributed by atoms with Crippen molar-refractivity contribution in [2.45, 2.75) is 26.9 Å². The van der Waals surface area contributed by atoms with E-state index in [2.05, 4.69) is 16.3 Å². The van der Waals surface area contributed by atoms with Crippen LogP contribution in [0.1, 0.15) is 30.0 Å². The summed E-state index contributed by atoms with van der Waals surface area (Å²) in [6.07, 6.45) is -0.730. The van der Waals surface area contributed by atoms with E-state index < -0.39 is 6.10 Å². The van der Waals surface area contributed by atoms with Crippen LogP contribution in [0.2, 0.25) is 0 Å². The largest absolute Gasteiger partial charge is 0.418 e. The van der Waals surface area contributed by atoms with Crippen molar-refractivity contribution in [1.82, 2.24) is 10.2 Å². The van der Waals surface area contributed by atoms with Crippen LogP contribution < -0.4 is 0 Å². The molecule has 1 atom stereocenters. The molecule has 0 saturated carbocycles. The van der Waals surface area contributed by atoms with E-state index in [1.54, 1.807) is 6.92 Å². The lowest BCUT2D eigenvalue weighted by atomic mass is 10.1. The lowest BCUT2D eigenvalue weighted by Gasteiger charge is -2.01. The van der Waals surface area contributed by atoms with Crippen LogP contribution in [0.15, 0.2) is 22.6 Å². The van der Waals surface area contributed by atoms with Crippen LogP contribution >= 0.6 is 0 Å². The smallest absolute Gasteiger partial charge is 0.248 e. The monoisotopic (exact) mass is 218 g/mol. The average Bonchev–Trinajstić information content (AvgIpc) is 2.66. The first-order valence-electron chi connectivity index (χ1n) is 5.17. The van der Waals surface area contributed by atoms with Crippen LogP contribution in [0.5, 0.6) is 0 Å². The van der Waals surface area contributed by atoms with Gasteiger partial charge in [0.1, 0.15) is 6.10 Å². The van der Waals surface area contributed by atoms with Crippen LogP contribution in [0.4, 0.5) is 0 Å². The molecule has 0 aliphatic heterocycles. The average molecular weight is 218 g/mol. The molecule has 0 radical (unpaired) electrons. The van der Waals surface area contributed by atoms with Crippen LogP contribution in [-0.4, -0.2) is 15.3 Å². The Morgan fingerprint density at radius 2 is 2.00 bits per heavy atom. The molecule has 0 amide bonds. The van der Waals surface area contributed by atoms with Gasteiger partial charge in [-0.25, -0.2) is 0 Å². The van der Waals surface area contributed by atoms with Gasteiger partial charge in [-0.1, -0.05) is 17.7 Å². The predicted octanol–water partition coefficient (Wildman–Crippen LogP) is 2.41. The summed E-state index contributed by atoms with van der Waals surface area (Å²) in [5.41, 5.74) is 3.18. The summed E-state index contributed by atoms with van der Waals surface area (Å²) in [7, 11) is 0. The number of aliphatic hydroxyl groups is 1. The first-order valence-corrected chi connectivity index (χ1v) is 5.17. The van der Waals surface area contributed by atoms with Crippen molar-refractivity contribution in [3.8, 4) is 11.5 Å². The van der Waals surface area contributed by atoms with E-state index in [0.29, 0.717) is 5.89 Å². The molecule has 0 saturated heterocycles. The second kappa shape index (κ2) is 4.06. The summed E-state index contributed by atoms with van der Waals surface area (Å²) >= 11 is 0. The van der Waals surface area contributed by atoms with Gasteiger partial charge < -0.3 is 9.52 Å². The van der Waals surface area contributed by atoms with E-state index in [1.165, 1.54) is 5.56 Å². The molecule has 1 N–H and O–H groups in total. The van der Waals surface area contributed by atoms with E-state index >= 15 is 0 Å². The number of rotatable bonds is 2. The molecule has 1 aromatic heterocycles. The minimum absolute atomic E-state index is 0.245. The second-order valence-corrected chi connectivity index (χ2v) is 3.94. The summed E-state index contributed by atoms with van der Waals surface area (Å²) < 4.78 is 5.38. The van der Waals surface area contributed by atoms with Crippen LogP contribution in [0, 0.1) is 13.8 Å². The number of hydrogen-bond acceptors (Lipinski definition) is 4. The molecule has 1 aromatic carbocycles. The number of hydrogen-bond donors (Lipinski definition) is 1. The normalized spacial score (nSPS) is 12.8. The molecular formula is C12H14N2O2. The fourth-order valence-corrected chi connectivity index (χ4v) is 1.57. The molecule has 2 aromatic rings. The van der Waals surface area contributed by atoms with Crippen molar-refractivity contribution in [2.24, 2.45) is 0 Å². The first kappa shape index (κ1) is 10.8. The lowest BCUT2D eigenvalue weighted by molar-refractivity contribution is 0.163. The highest BCUT2D eigenvalue weighted by Gasteiger charge is 2.13. The summed E-state index contributed by atoms with van der Waals surface area (Å²) in [6.45, 7) is 5.62. The highest BCUT2D eigenvalue weighted by molar-refractivity contribution is 5.58. The van der Waals surface area contributed by atoms with Gasteiger partial charge in [0.2, 0.25) is 11.8 Å². The number of nitrogens with zero attached hydrogens (tertiary/aromatic N) is 2. The zero-order valence-corrected chi connectivity index (χ0v) is 9.56. The van der Waals surface area contributed by atoms with E-state index in [4.69, 9.17) is 4.42 Å². The van der Waals surface area contributed by atoms with E-state index in [1.807, 2.05) is 26.0 Å². The molecule has 0 aliphatic carbocycles. The molecule has 0 aliphatic rings. The zero-order chi connectivity index (χ0) is 11.7. The molecule has 1 heterocycles. The molecular weight excluding hydrogens is 204 g/mol. The number of benzene rings is 1. The van der Waals surface area contributed by atoms with Crippen molar-refractivity contribution in [2.75, 3.05) is 0 Å². The maximum atomic E-state index is 9.30. The summed E-state index contributed by atoms with van der Waals surface area (Å²) in [4.78, 5) is 0. The Kier molecular flexibility index (Phi) is 2.75. The maximum Gasteiger partial charge on any atom is 0.248 e. The molecule has 16 heavy (non-hydrogen) atoms. The van der Waals surface area contributed by atoms with Crippen molar-refractivity contribution in [3.63, 3.8) is 0 Å². The Morgan fingerprint density at radius 1 is 1.25 bits per heavy atom. The van der Waals surface area contributed by atoms with Crippen molar-refractivity contribution in [1.29, 1.82) is 0 Å². The third-order valence-electron chi connectivity index (χ3n) is 2.41. The lowest BCUT2D eigenvalue weighted by Crippen LogP contribution is -1.89. The summed E-state index contributed by atoms with van der Waals surface area (Å²) in [5.74, 6) is 0.698. The predicted molar refractivity (Wildman–Crippen MR) is 59.8 cm³/mol. The Balaban J connectivity index is 2.42. The summed E-state index contributed by atoms with van der Waals surface area (Å²) in [6, 6.07) is 6.00. The highest BCUT2D eigenvalue weighted by Crippen LogP contribution is 2.24. The molecule has 2 rings (SSSR count). The van der Waals surface area contributed by atoms with Gasteiger partial charge in [-0.3, -0.25) is 0 Å². The van der Waals surface area contributed by atoms with Crippen molar-refractivity contribution >= 4 is 0 Å². The third-order valence-corrected chi connectivity index (χ3v) is 2.41. The van der Waals surface area contributed by atoms with Gasteiger partial charge in [-0.2, -0.15) is 0 Å². The molecule has 0 bridgehead atoms. The van der Waals surface area contributed by atoms with Crippen LogP contribution in [-0.2, 0) is 0 Å². The van der Waals surface area contributed by atoms with Crippen LogP contribution in [0.25, 0.3) is 11.5 Å².